The number of morpholine rings is 1. The molecule has 2 saturated carbocycles. The highest BCUT2D eigenvalue weighted by Crippen LogP contribution is 2.46. The van der Waals surface area contributed by atoms with Crippen molar-refractivity contribution in [3.05, 3.63) is 30.0 Å². The van der Waals surface area contributed by atoms with Crippen molar-refractivity contribution in [3.8, 4) is 16.5 Å². The van der Waals surface area contributed by atoms with Crippen LogP contribution >= 0.6 is 11.3 Å². The van der Waals surface area contributed by atoms with Gasteiger partial charge in [0.05, 0.1) is 41.4 Å². The summed E-state index contributed by atoms with van der Waals surface area (Å²) >= 11 is 1.68. The highest BCUT2D eigenvalue weighted by Gasteiger charge is 2.47. The molecule has 2 atom stereocenters. The minimum Gasteiger partial charge on any atom is -0.378 e. The molecule has 1 N–H and O–H groups in total. The lowest BCUT2D eigenvalue weighted by atomic mass is 9.76. The number of anilines is 2. The largest absolute Gasteiger partial charge is 0.378 e. The number of hydrogen-bond acceptors (Lipinski definition) is 9. The van der Waals surface area contributed by atoms with E-state index in [0.717, 1.165) is 78.6 Å². The van der Waals surface area contributed by atoms with Crippen LogP contribution in [-0.2, 0) is 19.4 Å². The molecule has 11 heteroatoms. The summed E-state index contributed by atoms with van der Waals surface area (Å²) in [4.78, 5) is 24.1. The lowest BCUT2D eigenvalue weighted by Gasteiger charge is -2.31. The average Bonchev–Trinajstić information content (AvgIpc) is 3.60. The van der Waals surface area contributed by atoms with Crippen molar-refractivity contribution in [3.63, 3.8) is 0 Å². The maximum atomic E-state index is 13.5. The number of thiazole rings is 1. The number of carbonyl (C=O) groups is 1. The maximum Gasteiger partial charge on any atom is 0.225 e. The summed E-state index contributed by atoms with van der Waals surface area (Å²) in [5, 5.41) is 13.6. The Morgan fingerprint density at radius 3 is 2.41 bits per heavy atom. The van der Waals surface area contributed by atoms with Crippen molar-refractivity contribution < 1.29 is 17.9 Å². The molecule has 0 spiro atoms. The number of carbonyl (C=O) groups excluding carboxylic acids is 1. The van der Waals surface area contributed by atoms with Gasteiger partial charge in [-0.05, 0) is 43.4 Å². The predicted octanol–water partition coefficient (Wildman–Crippen LogP) is 3.33. The van der Waals surface area contributed by atoms with E-state index in [9.17, 15) is 18.5 Å². The van der Waals surface area contributed by atoms with E-state index in [1.165, 1.54) is 0 Å². The van der Waals surface area contributed by atoms with E-state index in [2.05, 4.69) is 45.5 Å². The predicted molar refractivity (Wildman–Crippen MR) is 152 cm³/mol. The molecule has 0 bridgehead atoms. The van der Waals surface area contributed by atoms with Gasteiger partial charge in [0, 0.05) is 43.7 Å². The van der Waals surface area contributed by atoms with Crippen LogP contribution in [0.4, 0.5) is 10.8 Å². The molecular weight excluding hydrogens is 534 g/mol. The quantitative estimate of drug-likeness (QED) is 0.563. The first-order chi connectivity index (χ1) is 18.9. The van der Waals surface area contributed by atoms with Crippen molar-refractivity contribution in [1.29, 1.82) is 5.26 Å². The van der Waals surface area contributed by atoms with Crippen LogP contribution in [0.5, 0.6) is 0 Å². The van der Waals surface area contributed by atoms with E-state index < -0.39 is 15.4 Å². The molecule has 0 radical (unpaired) electrons. The van der Waals surface area contributed by atoms with Crippen LogP contribution in [0, 0.1) is 17.2 Å². The van der Waals surface area contributed by atoms with Crippen LogP contribution in [0.15, 0.2) is 24.3 Å². The molecule has 208 valence electrons. The van der Waals surface area contributed by atoms with E-state index in [0.29, 0.717) is 26.3 Å². The molecule has 4 aliphatic rings. The van der Waals surface area contributed by atoms with Crippen LogP contribution in [0.2, 0.25) is 0 Å². The SMILES string of the molecule is N#CC1(NC(=O)[C@@H]2CCCC[C@H]2c2nc(N3CCOCC3)sc2-c2ccc(N3CCS(=O)(=O)CC3)cc2)CC1. The normalized spacial score (nSPS) is 26.0. The zero-order chi connectivity index (χ0) is 27.0. The minimum absolute atomic E-state index is 0.00117. The fourth-order valence-corrected chi connectivity index (χ4v) is 8.35. The Bertz CT molecular complexity index is 1340. The third-order valence-electron chi connectivity index (χ3n) is 8.54. The summed E-state index contributed by atoms with van der Waals surface area (Å²) in [6, 6.07) is 10.6. The Kier molecular flexibility index (Phi) is 7.29. The number of benzene rings is 1. The van der Waals surface area contributed by atoms with Gasteiger partial charge in [-0.1, -0.05) is 36.3 Å². The Morgan fingerprint density at radius 1 is 1.05 bits per heavy atom. The highest BCUT2D eigenvalue weighted by molar-refractivity contribution is 7.91. The molecule has 2 saturated heterocycles. The van der Waals surface area contributed by atoms with Gasteiger partial charge in [0.2, 0.25) is 5.91 Å². The van der Waals surface area contributed by atoms with Gasteiger partial charge in [0.25, 0.3) is 0 Å². The Balaban J connectivity index is 1.31. The molecule has 2 aromatic rings. The summed E-state index contributed by atoms with van der Waals surface area (Å²) in [6.45, 7) is 3.96. The number of nitriles is 1. The molecule has 1 amide bonds. The van der Waals surface area contributed by atoms with Gasteiger partial charge in [-0.15, -0.1) is 0 Å². The smallest absolute Gasteiger partial charge is 0.225 e. The molecule has 3 heterocycles. The molecule has 9 nitrogen and oxygen atoms in total. The second-order valence-corrected chi connectivity index (χ2v) is 14.5. The Morgan fingerprint density at radius 2 is 1.74 bits per heavy atom. The number of rotatable bonds is 6. The number of sulfone groups is 1. The van der Waals surface area contributed by atoms with Crippen LogP contribution in [0.25, 0.3) is 10.4 Å². The summed E-state index contributed by atoms with van der Waals surface area (Å²) < 4.78 is 29.3. The molecule has 0 unspecified atom stereocenters. The number of amides is 1. The minimum atomic E-state index is -2.93. The summed E-state index contributed by atoms with van der Waals surface area (Å²) in [6.07, 6.45) is 5.22. The van der Waals surface area contributed by atoms with E-state index in [1.807, 2.05) is 0 Å². The summed E-state index contributed by atoms with van der Waals surface area (Å²) in [7, 11) is -2.93. The molecule has 39 heavy (non-hydrogen) atoms. The first-order valence-electron chi connectivity index (χ1n) is 14.0. The van der Waals surface area contributed by atoms with Gasteiger partial charge in [-0.25, -0.2) is 13.4 Å². The van der Waals surface area contributed by atoms with E-state index in [1.54, 1.807) is 11.3 Å². The number of nitrogens with one attached hydrogen (secondary N) is 1. The first-order valence-corrected chi connectivity index (χ1v) is 16.6. The van der Waals surface area contributed by atoms with Crippen LogP contribution in [0.3, 0.4) is 0 Å². The van der Waals surface area contributed by atoms with Gasteiger partial charge < -0.3 is 19.9 Å². The fraction of sp³-hybridized carbons (Fsp3) is 0.607. The van der Waals surface area contributed by atoms with Gasteiger partial charge in [-0.2, -0.15) is 5.26 Å². The van der Waals surface area contributed by atoms with Crippen LogP contribution < -0.4 is 15.1 Å². The zero-order valence-corrected chi connectivity index (χ0v) is 23.7. The average molecular weight is 570 g/mol. The van der Waals surface area contributed by atoms with Gasteiger partial charge in [-0.3, -0.25) is 4.79 Å². The number of nitrogens with zero attached hydrogens (tertiary/aromatic N) is 4. The molecule has 2 aliphatic heterocycles. The summed E-state index contributed by atoms with van der Waals surface area (Å²) in [5.74, 6) is 0.170. The molecule has 1 aromatic carbocycles. The zero-order valence-electron chi connectivity index (χ0n) is 22.1. The van der Waals surface area contributed by atoms with Crippen molar-refractivity contribution in [2.24, 2.45) is 5.92 Å². The second kappa shape index (κ2) is 10.7. The number of ether oxygens (including phenoxy) is 1. The van der Waals surface area contributed by atoms with E-state index in [-0.39, 0.29) is 29.2 Å². The van der Waals surface area contributed by atoms with Gasteiger partial charge in [0.1, 0.15) is 5.54 Å². The number of hydrogen-bond donors (Lipinski definition) is 1. The third kappa shape index (κ3) is 5.65. The van der Waals surface area contributed by atoms with E-state index >= 15 is 0 Å². The summed E-state index contributed by atoms with van der Waals surface area (Å²) in [5.41, 5.74) is 2.40. The van der Waals surface area contributed by atoms with Crippen molar-refractivity contribution >= 4 is 37.9 Å². The van der Waals surface area contributed by atoms with E-state index in [4.69, 9.17) is 9.72 Å². The van der Waals surface area contributed by atoms with Crippen molar-refractivity contribution in [2.75, 3.05) is 60.7 Å². The Hall–Kier alpha value is -2.68. The van der Waals surface area contributed by atoms with Crippen LogP contribution in [-0.4, -0.2) is 75.7 Å². The standard InChI is InChI=1S/C28H35N5O4S2/c29-19-28(9-10-28)31-26(34)23-4-2-1-3-22(23)24-25(38-27(30-24)33-11-15-37-16-12-33)20-5-7-21(8-6-20)32-13-17-39(35,36)18-14-32/h5-8,22-23H,1-4,9-18H2,(H,31,34)/t22-,23-/m1/s1. The first kappa shape index (κ1) is 26.5. The van der Waals surface area contributed by atoms with Crippen LogP contribution in [0.1, 0.15) is 50.1 Å². The molecule has 1 aromatic heterocycles. The molecular formula is C28H35N5O4S2. The van der Waals surface area contributed by atoms with Crippen molar-refractivity contribution in [1.82, 2.24) is 10.3 Å². The molecule has 4 fully saturated rings. The highest BCUT2D eigenvalue weighted by atomic mass is 32.2. The molecule has 6 rings (SSSR count). The lowest BCUT2D eigenvalue weighted by Crippen LogP contribution is -2.42. The monoisotopic (exact) mass is 569 g/mol. The fourth-order valence-electron chi connectivity index (χ4n) is 5.95. The molecule has 2 aliphatic carbocycles. The Labute approximate surface area is 234 Å². The number of aromatic nitrogens is 1. The van der Waals surface area contributed by atoms with Gasteiger partial charge in [0.15, 0.2) is 15.0 Å². The maximum absolute atomic E-state index is 13.5. The topological polar surface area (TPSA) is 116 Å². The second-order valence-electron chi connectivity index (χ2n) is 11.2. The van der Waals surface area contributed by atoms with Gasteiger partial charge >= 0.3 is 0 Å². The van der Waals surface area contributed by atoms with Crippen molar-refractivity contribution in [2.45, 2.75) is 50.0 Å². The third-order valence-corrected chi connectivity index (χ3v) is 11.3. The lowest BCUT2D eigenvalue weighted by molar-refractivity contribution is -0.127.